The predicted octanol–water partition coefficient (Wildman–Crippen LogP) is 3.51. The molecule has 0 saturated heterocycles. The lowest BCUT2D eigenvalue weighted by atomic mass is 10.1. The molecule has 94 valence electrons. The van der Waals surface area contributed by atoms with Gasteiger partial charge in [-0.25, -0.2) is 0 Å². The fourth-order valence-electron chi connectivity index (χ4n) is 2.27. The minimum absolute atomic E-state index is 0.315. The molecule has 1 aliphatic carbocycles. The molecule has 0 heterocycles. The molecule has 0 radical (unpaired) electrons. The van der Waals surface area contributed by atoms with Crippen molar-refractivity contribution in [2.75, 3.05) is 11.4 Å². The van der Waals surface area contributed by atoms with Crippen LogP contribution in [0.2, 0.25) is 0 Å². The fourth-order valence-corrected chi connectivity index (χ4v) is 2.27. The van der Waals surface area contributed by atoms with E-state index in [0.29, 0.717) is 0 Å². The van der Waals surface area contributed by atoms with Crippen molar-refractivity contribution in [3.05, 3.63) is 29.8 Å². The van der Waals surface area contributed by atoms with Crippen molar-refractivity contribution < 1.29 is 5.11 Å². The largest absolute Gasteiger partial charge is 0.388 e. The van der Waals surface area contributed by atoms with Crippen LogP contribution in [0.1, 0.15) is 51.2 Å². The summed E-state index contributed by atoms with van der Waals surface area (Å²) in [6, 6.07) is 9.20. The summed E-state index contributed by atoms with van der Waals surface area (Å²) in [5.41, 5.74) is 2.34. The van der Waals surface area contributed by atoms with Crippen LogP contribution in [0.4, 0.5) is 5.69 Å². The summed E-state index contributed by atoms with van der Waals surface area (Å²) in [7, 11) is 0. The molecule has 0 spiro atoms. The van der Waals surface area contributed by atoms with Crippen LogP contribution in [0, 0.1) is 0 Å². The minimum atomic E-state index is -0.315. The molecule has 2 nitrogen and oxygen atoms in total. The highest BCUT2D eigenvalue weighted by Gasteiger charge is 2.28. The normalized spacial score (nSPS) is 16.9. The monoisotopic (exact) mass is 233 g/mol. The first-order valence-electron chi connectivity index (χ1n) is 6.81. The van der Waals surface area contributed by atoms with Gasteiger partial charge < -0.3 is 10.0 Å². The number of benzene rings is 1. The third kappa shape index (κ3) is 3.01. The topological polar surface area (TPSA) is 23.5 Å². The fraction of sp³-hybridized carbons (Fsp3) is 0.600. The molecule has 2 heteroatoms. The number of hydrogen-bond donors (Lipinski definition) is 1. The van der Waals surface area contributed by atoms with E-state index >= 15 is 0 Å². The van der Waals surface area contributed by atoms with Crippen LogP contribution in [0.5, 0.6) is 0 Å². The van der Waals surface area contributed by atoms with Crippen LogP contribution in [-0.2, 0) is 0 Å². The molecule has 1 saturated carbocycles. The van der Waals surface area contributed by atoms with E-state index in [2.05, 4.69) is 36.1 Å². The van der Waals surface area contributed by atoms with Gasteiger partial charge in [0.1, 0.15) is 0 Å². The SMILES string of the molecule is CCCN(c1ccc([C@H](O)CC)cc1)C1CC1. The molecule has 1 aromatic rings. The Hall–Kier alpha value is -1.02. The second-order valence-electron chi connectivity index (χ2n) is 4.94. The summed E-state index contributed by atoms with van der Waals surface area (Å²) in [6.45, 7) is 5.37. The Bertz CT molecular complexity index is 342. The molecular weight excluding hydrogens is 210 g/mol. The van der Waals surface area contributed by atoms with Gasteiger partial charge in [0.25, 0.3) is 0 Å². The average Bonchev–Trinajstić information content (AvgIpc) is 3.19. The predicted molar refractivity (Wildman–Crippen MR) is 72.4 cm³/mol. The Kier molecular flexibility index (Phi) is 4.06. The van der Waals surface area contributed by atoms with Gasteiger partial charge in [-0.3, -0.25) is 0 Å². The molecule has 0 aliphatic heterocycles. The highest BCUT2D eigenvalue weighted by molar-refractivity contribution is 5.50. The van der Waals surface area contributed by atoms with E-state index in [4.69, 9.17) is 0 Å². The maximum Gasteiger partial charge on any atom is 0.0787 e. The molecule has 0 aromatic heterocycles. The molecule has 1 aliphatic rings. The van der Waals surface area contributed by atoms with Gasteiger partial charge in [-0.1, -0.05) is 26.0 Å². The average molecular weight is 233 g/mol. The number of aliphatic hydroxyl groups is 1. The summed E-state index contributed by atoms with van der Waals surface area (Å²) in [6.07, 6.45) is 4.32. The number of hydrogen-bond acceptors (Lipinski definition) is 2. The maximum atomic E-state index is 9.77. The van der Waals surface area contributed by atoms with Crippen molar-refractivity contribution >= 4 is 5.69 Å². The van der Waals surface area contributed by atoms with E-state index in [1.54, 1.807) is 0 Å². The van der Waals surface area contributed by atoms with Crippen molar-refractivity contribution in [1.29, 1.82) is 0 Å². The number of anilines is 1. The Morgan fingerprint density at radius 3 is 2.35 bits per heavy atom. The zero-order valence-electron chi connectivity index (χ0n) is 10.9. The quantitative estimate of drug-likeness (QED) is 0.812. The van der Waals surface area contributed by atoms with Gasteiger partial charge in [-0.2, -0.15) is 0 Å². The smallest absolute Gasteiger partial charge is 0.0787 e. The van der Waals surface area contributed by atoms with Crippen molar-refractivity contribution in [2.45, 2.75) is 51.7 Å². The Labute approximate surface area is 104 Å². The van der Waals surface area contributed by atoms with E-state index in [1.165, 1.54) is 24.9 Å². The molecule has 17 heavy (non-hydrogen) atoms. The molecular formula is C15H23NO. The summed E-state index contributed by atoms with van der Waals surface area (Å²) < 4.78 is 0. The van der Waals surface area contributed by atoms with Crippen LogP contribution in [0.3, 0.4) is 0 Å². The maximum absolute atomic E-state index is 9.77. The lowest BCUT2D eigenvalue weighted by molar-refractivity contribution is 0.173. The molecule has 1 N–H and O–H groups in total. The first kappa shape index (κ1) is 12.4. The lowest BCUT2D eigenvalue weighted by Crippen LogP contribution is -2.26. The number of aliphatic hydroxyl groups excluding tert-OH is 1. The van der Waals surface area contributed by atoms with E-state index in [0.717, 1.165) is 24.6 Å². The van der Waals surface area contributed by atoms with Gasteiger partial charge >= 0.3 is 0 Å². The van der Waals surface area contributed by atoms with Crippen LogP contribution in [-0.4, -0.2) is 17.7 Å². The standard InChI is InChI=1S/C15H23NO/c1-3-11-16(14-9-10-14)13-7-5-12(6-8-13)15(17)4-2/h5-8,14-15,17H,3-4,9-11H2,1-2H3/t15-/m1/s1. The van der Waals surface area contributed by atoms with Crippen molar-refractivity contribution in [3.63, 3.8) is 0 Å². The first-order chi connectivity index (χ1) is 8.26. The molecule has 1 atom stereocenters. The van der Waals surface area contributed by atoms with E-state index in [-0.39, 0.29) is 6.10 Å². The van der Waals surface area contributed by atoms with Crippen LogP contribution < -0.4 is 4.90 Å². The van der Waals surface area contributed by atoms with E-state index in [1.807, 2.05) is 6.92 Å². The van der Waals surface area contributed by atoms with Crippen molar-refractivity contribution in [2.24, 2.45) is 0 Å². The molecule has 2 rings (SSSR count). The van der Waals surface area contributed by atoms with Crippen molar-refractivity contribution in [1.82, 2.24) is 0 Å². The van der Waals surface area contributed by atoms with Gasteiger partial charge in [-0.15, -0.1) is 0 Å². The van der Waals surface area contributed by atoms with Gasteiger partial charge in [0.15, 0.2) is 0 Å². The van der Waals surface area contributed by atoms with E-state index < -0.39 is 0 Å². The molecule has 1 fully saturated rings. The second kappa shape index (κ2) is 5.54. The summed E-state index contributed by atoms with van der Waals surface area (Å²) in [5.74, 6) is 0. The summed E-state index contributed by atoms with van der Waals surface area (Å²) in [4.78, 5) is 2.50. The van der Waals surface area contributed by atoms with Crippen LogP contribution in [0.25, 0.3) is 0 Å². The van der Waals surface area contributed by atoms with Crippen LogP contribution >= 0.6 is 0 Å². The van der Waals surface area contributed by atoms with Gasteiger partial charge in [0.05, 0.1) is 6.10 Å². The number of nitrogens with zero attached hydrogens (tertiary/aromatic N) is 1. The lowest BCUT2D eigenvalue weighted by Gasteiger charge is -2.24. The zero-order valence-corrected chi connectivity index (χ0v) is 10.9. The Balaban J connectivity index is 2.09. The molecule has 0 unspecified atom stereocenters. The summed E-state index contributed by atoms with van der Waals surface area (Å²) >= 11 is 0. The molecule has 1 aromatic carbocycles. The molecule has 0 amide bonds. The van der Waals surface area contributed by atoms with Gasteiger partial charge in [0.2, 0.25) is 0 Å². The van der Waals surface area contributed by atoms with E-state index in [9.17, 15) is 5.11 Å². The van der Waals surface area contributed by atoms with Gasteiger partial charge in [-0.05, 0) is 43.4 Å². The summed E-state index contributed by atoms with van der Waals surface area (Å²) in [5, 5.41) is 9.77. The highest BCUT2D eigenvalue weighted by atomic mass is 16.3. The Morgan fingerprint density at radius 2 is 1.88 bits per heavy atom. The van der Waals surface area contributed by atoms with Crippen LogP contribution in [0.15, 0.2) is 24.3 Å². The molecule has 0 bridgehead atoms. The second-order valence-corrected chi connectivity index (χ2v) is 4.94. The minimum Gasteiger partial charge on any atom is -0.388 e. The third-order valence-corrected chi connectivity index (χ3v) is 3.45. The first-order valence-corrected chi connectivity index (χ1v) is 6.81. The van der Waals surface area contributed by atoms with Gasteiger partial charge in [0, 0.05) is 18.3 Å². The number of rotatable bonds is 6. The zero-order chi connectivity index (χ0) is 12.3. The van der Waals surface area contributed by atoms with Crippen molar-refractivity contribution in [3.8, 4) is 0 Å². The third-order valence-electron chi connectivity index (χ3n) is 3.45. The Morgan fingerprint density at radius 1 is 1.24 bits per heavy atom. The highest BCUT2D eigenvalue weighted by Crippen LogP contribution is 2.32.